The maximum absolute atomic E-state index is 12.1. The summed E-state index contributed by atoms with van der Waals surface area (Å²) in [4.78, 5) is 16.4. The van der Waals surface area contributed by atoms with E-state index >= 15 is 0 Å². The largest absolute Gasteiger partial charge is 0.476 e. The Labute approximate surface area is 132 Å². The number of carboxylic acids is 1. The number of carbonyl (C=O) groups is 1. The molecule has 22 heavy (non-hydrogen) atoms. The third-order valence-corrected chi connectivity index (χ3v) is 5.02. The maximum atomic E-state index is 12.1. The lowest BCUT2D eigenvalue weighted by Gasteiger charge is -2.19. The average Bonchev–Trinajstić information content (AvgIpc) is 2.93. The predicted octanol–water partition coefficient (Wildman–Crippen LogP) is 1.72. The molecule has 0 fully saturated rings. The fourth-order valence-electron chi connectivity index (χ4n) is 1.73. The van der Waals surface area contributed by atoms with Crippen LogP contribution in [0.4, 0.5) is 10.7 Å². The number of thiazole rings is 1. The van der Waals surface area contributed by atoms with E-state index in [1.807, 2.05) is 35.2 Å². The zero-order valence-electron chi connectivity index (χ0n) is 11.8. The highest BCUT2D eigenvalue weighted by atomic mass is 32.2. The number of rotatable bonds is 7. The number of aromatic nitrogens is 1. The van der Waals surface area contributed by atoms with Gasteiger partial charge in [-0.25, -0.2) is 18.2 Å². The van der Waals surface area contributed by atoms with Gasteiger partial charge in [-0.2, -0.15) is 0 Å². The SMILES string of the molecule is CN(CCS(=O)(=O)Nc1scnc1C(=O)O)c1ccccc1. The molecule has 118 valence electrons. The Balaban J connectivity index is 2.00. The van der Waals surface area contributed by atoms with Gasteiger partial charge in [0.1, 0.15) is 5.00 Å². The first-order chi connectivity index (χ1) is 10.4. The minimum absolute atomic E-state index is 0.0230. The van der Waals surface area contributed by atoms with E-state index in [-0.39, 0.29) is 23.0 Å². The summed E-state index contributed by atoms with van der Waals surface area (Å²) in [5, 5.41) is 8.94. The van der Waals surface area contributed by atoms with Gasteiger partial charge in [-0.3, -0.25) is 4.72 Å². The third kappa shape index (κ3) is 4.18. The van der Waals surface area contributed by atoms with Gasteiger partial charge >= 0.3 is 5.97 Å². The molecule has 2 rings (SSSR count). The number of anilines is 2. The molecule has 0 saturated heterocycles. The van der Waals surface area contributed by atoms with E-state index in [4.69, 9.17) is 5.11 Å². The van der Waals surface area contributed by atoms with Crippen LogP contribution >= 0.6 is 11.3 Å². The highest BCUT2D eigenvalue weighted by Gasteiger charge is 2.19. The molecule has 0 saturated carbocycles. The van der Waals surface area contributed by atoms with E-state index in [0.29, 0.717) is 0 Å². The summed E-state index contributed by atoms with van der Waals surface area (Å²) in [5.41, 5.74) is 1.91. The Kier molecular flexibility index (Phi) is 4.99. The molecular weight excluding hydrogens is 326 g/mol. The van der Waals surface area contributed by atoms with E-state index in [1.54, 1.807) is 7.05 Å². The van der Waals surface area contributed by atoms with Crippen LogP contribution in [0.15, 0.2) is 35.8 Å². The Bertz CT molecular complexity index is 744. The number of aromatic carboxylic acids is 1. The lowest BCUT2D eigenvalue weighted by molar-refractivity contribution is 0.0692. The first-order valence-electron chi connectivity index (χ1n) is 6.32. The van der Waals surface area contributed by atoms with Crippen LogP contribution in [-0.4, -0.2) is 43.8 Å². The molecule has 0 unspecified atom stereocenters. The molecule has 0 bridgehead atoms. The molecule has 9 heteroatoms. The maximum Gasteiger partial charge on any atom is 0.357 e. The number of hydrogen-bond acceptors (Lipinski definition) is 6. The van der Waals surface area contributed by atoms with Crippen LogP contribution in [0.3, 0.4) is 0 Å². The molecule has 0 aliphatic carbocycles. The molecule has 0 amide bonds. The van der Waals surface area contributed by atoms with Gasteiger partial charge in [0.15, 0.2) is 5.69 Å². The zero-order valence-corrected chi connectivity index (χ0v) is 13.4. The zero-order chi connectivity index (χ0) is 16.2. The van der Waals surface area contributed by atoms with Crippen molar-refractivity contribution < 1.29 is 18.3 Å². The summed E-state index contributed by atoms with van der Waals surface area (Å²) in [6.07, 6.45) is 0. The normalized spacial score (nSPS) is 11.1. The second-order valence-corrected chi connectivity index (χ2v) is 7.21. The van der Waals surface area contributed by atoms with Gasteiger partial charge in [-0.15, -0.1) is 11.3 Å². The van der Waals surface area contributed by atoms with Crippen molar-refractivity contribution in [3.8, 4) is 0 Å². The Morgan fingerprint density at radius 2 is 2.05 bits per heavy atom. The van der Waals surface area contributed by atoms with Gasteiger partial charge < -0.3 is 10.0 Å². The number of nitrogens with one attached hydrogen (secondary N) is 1. The highest BCUT2D eigenvalue weighted by molar-refractivity contribution is 7.92. The molecule has 7 nitrogen and oxygen atoms in total. The fourth-order valence-corrected chi connectivity index (χ4v) is 3.82. The minimum atomic E-state index is -3.65. The first-order valence-corrected chi connectivity index (χ1v) is 8.86. The molecule has 0 aliphatic heterocycles. The summed E-state index contributed by atoms with van der Waals surface area (Å²) < 4.78 is 26.4. The van der Waals surface area contributed by atoms with Crippen LogP contribution in [-0.2, 0) is 10.0 Å². The fraction of sp³-hybridized carbons (Fsp3) is 0.231. The number of benzene rings is 1. The molecule has 0 radical (unpaired) electrons. The third-order valence-electron chi connectivity index (χ3n) is 2.91. The lowest BCUT2D eigenvalue weighted by atomic mass is 10.3. The monoisotopic (exact) mass is 341 g/mol. The molecule has 2 N–H and O–H groups in total. The predicted molar refractivity (Wildman–Crippen MR) is 86.2 cm³/mol. The summed E-state index contributed by atoms with van der Waals surface area (Å²) in [6, 6.07) is 9.38. The van der Waals surface area contributed by atoms with Crippen LogP contribution in [0, 0.1) is 0 Å². The standard InChI is InChI=1S/C13H15N3O4S2/c1-16(10-5-3-2-4-6-10)7-8-22(19,20)15-12-11(13(17)18)14-9-21-12/h2-6,9,15H,7-8H2,1H3,(H,17,18). The van der Waals surface area contributed by atoms with Crippen molar-refractivity contribution in [2.75, 3.05) is 29.0 Å². The molecule has 0 atom stereocenters. The summed E-state index contributed by atoms with van der Waals surface area (Å²) in [7, 11) is -1.86. The molecular formula is C13H15N3O4S2. The number of sulfonamides is 1. The van der Waals surface area contributed by atoms with Gasteiger partial charge in [0, 0.05) is 19.3 Å². The van der Waals surface area contributed by atoms with E-state index in [1.165, 1.54) is 5.51 Å². The topological polar surface area (TPSA) is 99.6 Å². The van der Waals surface area contributed by atoms with E-state index in [2.05, 4.69) is 9.71 Å². The molecule has 1 aromatic heterocycles. The van der Waals surface area contributed by atoms with E-state index in [9.17, 15) is 13.2 Å². The lowest BCUT2D eigenvalue weighted by Crippen LogP contribution is -2.28. The number of para-hydroxylation sites is 1. The highest BCUT2D eigenvalue weighted by Crippen LogP contribution is 2.21. The van der Waals surface area contributed by atoms with Gasteiger partial charge in [0.2, 0.25) is 10.0 Å². The summed E-state index contributed by atoms with van der Waals surface area (Å²) in [5.74, 6) is -1.42. The van der Waals surface area contributed by atoms with Crippen molar-refractivity contribution in [1.29, 1.82) is 0 Å². The molecule has 1 heterocycles. The Morgan fingerprint density at radius 3 is 2.68 bits per heavy atom. The molecule has 1 aromatic carbocycles. The van der Waals surface area contributed by atoms with Crippen molar-refractivity contribution in [3.63, 3.8) is 0 Å². The molecule has 0 spiro atoms. The van der Waals surface area contributed by atoms with Crippen LogP contribution < -0.4 is 9.62 Å². The number of carboxylic acid groups (broad SMARTS) is 1. The number of hydrogen-bond donors (Lipinski definition) is 2. The Hall–Kier alpha value is -2.13. The van der Waals surface area contributed by atoms with E-state index in [0.717, 1.165) is 17.0 Å². The van der Waals surface area contributed by atoms with E-state index < -0.39 is 16.0 Å². The molecule has 2 aromatic rings. The van der Waals surface area contributed by atoms with Crippen LogP contribution in [0.1, 0.15) is 10.5 Å². The van der Waals surface area contributed by atoms with Crippen molar-refractivity contribution >= 4 is 38.0 Å². The number of nitrogens with zero attached hydrogens (tertiary/aromatic N) is 2. The van der Waals surface area contributed by atoms with Gasteiger partial charge in [-0.05, 0) is 12.1 Å². The van der Waals surface area contributed by atoms with Crippen LogP contribution in [0.25, 0.3) is 0 Å². The average molecular weight is 341 g/mol. The van der Waals surface area contributed by atoms with Crippen LogP contribution in [0.5, 0.6) is 0 Å². The van der Waals surface area contributed by atoms with Gasteiger partial charge in [0.25, 0.3) is 0 Å². The molecule has 0 aliphatic rings. The van der Waals surface area contributed by atoms with Crippen molar-refractivity contribution in [2.24, 2.45) is 0 Å². The summed E-state index contributed by atoms with van der Waals surface area (Å²) >= 11 is 0.940. The van der Waals surface area contributed by atoms with Gasteiger partial charge in [-0.1, -0.05) is 18.2 Å². The van der Waals surface area contributed by atoms with Crippen LogP contribution in [0.2, 0.25) is 0 Å². The van der Waals surface area contributed by atoms with Crippen molar-refractivity contribution in [1.82, 2.24) is 4.98 Å². The smallest absolute Gasteiger partial charge is 0.357 e. The second-order valence-electron chi connectivity index (χ2n) is 4.51. The minimum Gasteiger partial charge on any atom is -0.476 e. The Morgan fingerprint density at radius 1 is 1.36 bits per heavy atom. The quantitative estimate of drug-likeness (QED) is 0.795. The first kappa shape index (κ1) is 16.2. The second kappa shape index (κ2) is 6.75. The summed E-state index contributed by atoms with van der Waals surface area (Å²) in [6.45, 7) is 0.278. The van der Waals surface area contributed by atoms with Crippen molar-refractivity contribution in [3.05, 3.63) is 41.5 Å². The van der Waals surface area contributed by atoms with Gasteiger partial charge in [0.05, 0.1) is 11.3 Å². The van der Waals surface area contributed by atoms with Crippen molar-refractivity contribution in [2.45, 2.75) is 0 Å².